The van der Waals surface area contributed by atoms with E-state index in [1.54, 1.807) is 12.5 Å². The molecule has 4 heterocycles. The Morgan fingerprint density at radius 1 is 1.10 bits per heavy atom. The first-order valence-corrected chi connectivity index (χ1v) is 10.8. The quantitative estimate of drug-likeness (QED) is 0.742. The van der Waals surface area contributed by atoms with E-state index in [9.17, 15) is 4.79 Å². The second-order valence-electron chi connectivity index (χ2n) is 8.37. The van der Waals surface area contributed by atoms with E-state index in [0.29, 0.717) is 19.4 Å². The molecule has 0 aliphatic carbocycles. The van der Waals surface area contributed by atoms with Crippen LogP contribution in [0.2, 0.25) is 0 Å². The van der Waals surface area contributed by atoms with E-state index >= 15 is 0 Å². The highest BCUT2D eigenvalue weighted by molar-refractivity contribution is 5.76. The molecule has 160 valence electrons. The van der Waals surface area contributed by atoms with Gasteiger partial charge in [-0.15, -0.1) is 0 Å². The highest BCUT2D eigenvalue weighted by Crippen LogP contribution is 2.33. The zero-order chi connectivity index (χ0) is 20.3. The van der Waals surface area contributed by atoms with Gasteiger partial charge in [-0.1, -0.05) is 6.07 Å². The summed E-state index contributed by atoms with van der Waals surface area (Å²) in [6.45, 7) is 7.56. The van der Waals surface area contributed by atoms with E-state index in [2.05, 4.69) is 26.9 Å². The lowest BCUT2D eigenvalue weighted by Crippen LogP contribution is -2.55. The van der Waals surface area contributed by atoms with E-state index < -0.39 is 0 Å². The third-order valence-electron chi connectivity index (χ3n) is 6.39. The van der Waals surface area contributed by atoms with Crippen molar-refractivity contribution in [2.75, 3.05) is 46.1 Å². The van der Waals surface area contributed by atoms with Gasteiger partial charge in [-0.2, -0.15) is 0 Å². The Bertz CT molecular complexity index is 864. The van der Waals surface area contributed by atoms with Gasteiger partial charge in [0.2, 0.25) is 12.7 Å². The number of aromatic nitrogens is 2. The van der Waals surface area contributed by atoms with Crippen molar-refractivity contribution in [3.05, 3.63) is 42.5 Å². The fourth-order valence-corrected chi connectivity index (χ4v) is 4.70. The van der Waals surface area contributed by atoms with Gasteiger partial charge in [-0.3, -0.25) is 14.6 Å². The first-order chi connectivity index (χ1) is 14.7. The smallest absolute Gasteiger partial charge is 0.242 e. The lowest BCUT2D eigenvalue weighted by molar-refractivity contribution is -0.134. The molecule has 8 heteroatoms. The standard InChI is InChI=1S/C22H29N5O3/c28-22(15-25-7-5-23-16-25)27-6-1-2-19(14-27)26-10-8-24(9-11-26)13-18-3-4-20-21(12-18)30-17-29-20/h3-5,7,12,16,19H,1-2,6,8-11,13-15,17H2. The summed E-state index contributed by atoms with van der Waals surface area (Å²) in [5, 5.41) is 0. The number of ether oxygens (including phenoxy) is 2. The van der Waals surface area contributed by atoms with E-state index in [-0.39, 0.29) is 5.91 Å². The molecule has 1 atom stereocenters. The average Bonchev–Trinajstić information content (AvgIpc) is 3.46. The predicted molar refractivity (Wildman–Crippen MR) is 111 cm³/mol. The molecule has 0 radical (unpaired) electrons. The van der Waals surface area contributed by atoms with Crippen LogP contribution in [-0.2, 0) is 17.9 Å². The molecule has 3 aliphatic heterocycles. The highest BCUT2D eigenvalue weighted by Gasteiger charge is 2.30. The summed E-state index contributed by atoms with van der Waals surface area (Å²) >= 11 is 0. The number of carbonyl (C=O) groups excluding carboxylic acids is 1. The van der Waals surface area contributed by atoms with Crippen LogP contribution in [0.4, 0.5) is 0 Å². The Hall–Kier alpha value is -2.58. The van der Waals surface area contributed by atoms with Crippen LogP contribution >= 0.6 is 0 Å². The van der Waals surface area contributed by atoms with Gasteiger partial charge in [0.25, 0.3) is 0 Å². The summed E-state index contributed by atoms with van der Waals surface area (Å²) in [7, 11) is 0. The minimum Gasteiger partial charge on any atom is -0.454 e. The van der Waals surface area contributed by atoms with Crippen LogP contribution < -0.4 is 9.47 Å². The molecule has 2 fully saturated rings. The molecule has 0 N–H and O–H groups in total. The molecule has 1 unspecified atom stereocenters. The lowest BCUT2D eigenvalue weighted by atomic mass is 10.0. The van der Waals surface area contributed by atoms with Crippen LogP contribution in [0.5, 0.6) is 11.5 Å². The Kier molecular flexibility index (Phi) is 5.59. The molecule has 30 heavy (non-hydrogen) atoms. The van der Waals surface area contributed by atoms with Crippen LogP contribution in [0.3, 0.4) is 0 Å². The molecule has 0 bridgehead atoms. The number of amides is 1. The van der Waals surface area contributed by atoms with Crippen LogP contribution in [0.15, 0.2) is 36.9 Å². The third kappa shape index (κ3) is 4.29. The summed E-state index contributed by atoms with van der Waals surface area (Å²) < 4.78 is 12.8. The average molecular weight is 412 g/mol. The molecule has 5 rings (SSSR count). The van der Waals surface area contributed by atoms with E-state index in [1.165, 1.54) is 12.0 Å². The number of fused-ring (bicyclic) bond motifs is 1. The first kappa shape index (κ1) is 19.4. The molecular formula is C22H29N5O3. The minimum atomic E-state index is 0.194. The number of rotatable bonds is 5. The molecule has 1 aromatic carbocycles. The summed E-state index contributed by atoms with van der Waals surface area (Å²) in [5.41, 5.74) is 1.27. The Morgan fingerprint density at radius 3 is 2.80 bits per heavy atom. The largest absolute Gasteiger partial charge is 0.454 e. The predicted octanol–water partition coefficient (Wildman–Crippen LogP) is 1.42. The van der Waals surface area contributed by atoms with Gasteiger partial charge >= 0.3 is 0 Å². The maximum absolute atomic E-state index is 12.7. The van der Waals surface area contributed by atoms with Crippen LogP contribution in [0, 0.1) is 0 Å². The summed E-state index contributed by atoms with van der Waals surface area (Å²) in [4.78, 5) is 23.8. The zero-order valence-electron chi connectivity index (χ0n) is 17.3. The highest BCUT2D eigenvalue weighted by atomic mass is 16.7. The van der Waals surface area contributed by atoms with Crippen LogP contribution in [-0.4, -0.2) is 82.3 Å². The molecule has 1 aromatic heterocycles. The first-order valence-electron chi connectivity index (χ1n) is 10.8. The van der Waals surface area contributed by atoms with Crippen molar-refractivity contribution in [2.45, 2.75) is 32.0 Å². The van der Waals surface area contributed by atoms with Crippen molar-refractivity contribution < 1.29 is 14.3 Å². The molecule has 3 aliphatic rings. The number of piperazine rings is 1. The number of likely N-dealkylation sites (tertiary alicyclic amines) is 1. The third-order valence-corrected chi connectivity index (χ3v) is 6.39. The summed E-state index contributed by atoms with van der Waals surface area (Å²) in [6.07, 6.45) is 7.53. The number of hydrogen-bond donors (Lipinski definition) is 0. The summed E-state index contributed by atoms with van der Waals surface area (Å²) in [5.74, 6) is 1.89. The SMILES string of the molecule is O=C(Cn1ccnc1)N1CCCC(N2CCN(Cc3ccc4c(c3)OCO4)CC2)C1. The molecule has 8 nitrogen and oxygen atoms in total. The molecule has 0 saturated carbocycles. The van der Waals surface area contributed by atoms with Gasteiger partial charge in [0, 0.05) is 64.2 Å². The molecule has 0 spiro atoms. The minimum absolute atomic E-state index is 0.194. The van der Waals surface area contributed by atoms with Crippen LogP contribution in [0.25, 0.3) is 0 Å². The van der Waals surface area contributed by atoms with Gasteiger partial charge in [-0.25, -0.2) is 4.98 Å². The van der Waals surface area contributed by atoms with Gasteiger partial charge in [0.1, 0.15) is 6.54 Å². The number of carbonyl (C=O) groups is 1. The van der Waals surface area contributed by atoms with Crippen molar-refractivity contribution in [3.8, 4) is 11.5 Å². The molecule has 2 saturated heterocycles. The fraction of sp³-hybridized carbons (Fsp3) is 0.545. The van der Waals surface area contributed by atoms with Gasteiger partial charge in [0.05, 0.1) is 6.33 Å². The number of piperidine rings is 1. The molecule has 1 amide bonds. The Balaban J connectivity index is 1.11. The van der Waals surface area contributed by atoms with E-state index in [4.69, 9.17) is 9.47 Å². The number of nitrogens with zero attached hydrogens (tertiary/aromatic N) is 5. The van der Waals surface area contributed by atoms with Crippen molar-refractivity contribution >= 4 is 5.91 Å². The van der Waals surface area contributed by atoms with E-state index in [1.807, 2.05) is 21.7 Å². The lowest BCUT2D eigenvalue weighted by Gasteiger charge is -2.43. The van der Waals surface area contributed by atoms with Crippen molar-refractivity contribution in [1.29, 1.82) is 0 Å². The molecule has 2 aromatic rings. The maximum Gasteiger partial charge on any atom is 0.242 e. The van der Waals surface area contributed by atoms with Crippen molar-refractivity contribution in [1.82, 2.24) is 24.3 Å². The zero-order valence-corrected chi connectivity index (χ0v) is 17.3. The van der Waals surface area contributed by atoms with E-state index in [0.717, 1.165) is 63.7 Å². The maximum atomic E-state index is 12.7. The van der Waals surface area contributed by atoms with Gasteiger partial charge in [-0.05, 0) is 30.5 Å². The van der Waals surface area contributed by atoms with Crippen molar-refractivity contribution in [2.24, 2.45) is 0 Å². The number of imidazole rings is 1. The monoisotopic (exact) mass is 411 g/mol. The van der Waals surface area contributed by atoms with Gasteiger partial charge < -0.3 is 18.9 Å². The fourth-order valence-electron chi connectivity index (χ4n) is 4.70. The topological polar surface area (TPSA) is 63.1 Å². The van der Waals surface area contributed by atoms with Crippen molar-refractivity contribution in [3.63, 3.8) is 0 Å². The van der Waals surface area contributed by atoms with Crippen LogP contribution in [0.1, 0.15) is 18.4 Å². The second kappa shape index (κ2) is 8.65. The number of hydrogen-bond acceptors (Lipinski definition) is 6. The normalized spacial score (nSPS) is 22.4. The second-order valence-corrected chi connectivity index (χ2v) is 8.37. The Labute approximate surface area is 177 Å². The van der Waals surface area contributed by atoms with Gasteiger partial charge in [0.15, 0.2) is 11.5 Å². The Morgan fingerprint density at radius 2 is 1.97 bits per heavy atom. The molecular weight excluding hydrogens is 382 g/mol. The summed E-state index contributed by atoms with van der Waals surface area (Å²) in [6, 6.07) is 6.70. The number of benzene rings is 1.